The van der Waals surface area contributed by atoms with Crippen molar-refractivity contribution in [3.63, 3.8) is 0 Å². The number of rotatable bonds is 4. The van der Waals surface area contributed by atoms with Crippen molar-refractivity contribution >= 4 is 56.7 Å². The Kier molecular flexibility index (Phi) is 4.99. The largest absolute Gasteiger partial charge is 0.455 e. The molecule has 0 saturated carbocycles. The molecule has 1 N–H and O–H groups in total. The van der Waals surface area contributed by atoms with Crippen LogP contribution in [0.25, 0.3) is 21.4 Å². The molecule has 4 rings (SSSR count). The molecule has 2 heterocycles. The standard InChI is InChI=1S/C20H12Cl2N2O2S/c21-13-7-5-12(6-8-13)16-10-9-14(26-16)11-23-24-20(25)19-18(22)15-3-1-2-4-17(15)27-19/h1-11H,(H,24,25)/b23-11-. The molecule has 0 aliphatic heterocycles. The number of halogens is 2. The SMILES string of the molecule is O=C(N/N=C\c1ccc(-c2ccc(Cl)cc2)o1)c1sc2ccccc2c1Cl. The first kappa shape index (κ1) is 17.8. The van der Waals surface area contributed by atoms with E-state index < -0.39 is 0 Å². The molecular formula is C20H12Cl2N2O2S. The summed E-state index contributed by atoms with van der Waals surface area (Å²) in [5.74, 6) is 0.844. The molecule has 134 valence electrons. The average Bonchev–Trinajstić information content (AvgIpc) is 3.28. The summed E-state index contributed by atoms with van der Waals surface area (Å²) in [7, 11) is 0. The van der Waals surface area contributed by atoms with E-state index in [2.05, 4.69) is 10.5 Å². The van der Waals surface area contributed by atoms with Crippen LogP contribution in [0, 0.1) is 0 Å². The fourth-order valence-corrected chi connectivity index (χ4v) is 4.09. The molecule has 0 fully saturated rings. The van der Waals surface area contributed by atoms with Gasteiger partial charge in [0, 0.05) is 20.7 Å². The molecule has 2 aromatic carbocycles. The van der Waals surface area contributed by atoms with E-state index in [1.807, 2.05) is 42.5 Å². The van der Waals surface area contributed by atoms with Crippen LogP contribution in [0.3, 0.4) is 0 Å². The fraction of sp³-hybridized carbons (Fsp3) is 0. The summed E-state index contributed by atoms with van der Waals surface area (Å²) < 4.78 is 6.66. The van der Waals surface area contributed by atoms with Gasteiger partial charge in [-0.25, -0.2) is 5.43 Å². The highest BCUT2D eigenvalue weighted by atomic mass is 35.5. The molecule has 0 atom stereocenters. The topological polar surface area (TPSA) is 54.6 Å². The molecule has 0 radical (unpaired) electrons. The van der Waals surface area contributed by atoms with E-state index in [9.17, 15) is 4.79 Å². The lowest BCUT2D eigenvalue weighted by Gasteiger charge is -1.97. The van der Waals surface area contributed by atoms with Crippen LogP contribution in [0.4, 0.5) is 0 Å². The highest BCUT2D eigenvalue weighted by Crippen LogP contribution is 2.34. The van der Waals surface area contributed by atoms with Gasteiger partial charge in [-0.1, -0.05) is 41.4 Å². The smallest absolute Gasteiger partial charge is 0.283 e. The van der Waals surface area contributed by atoms with Gasteiger partial charge in [-0.2, -0.15) is 5.10 Å². The summed E-state index contributed by atoms with van der Waals surface area (Å²) >= 11 is 13.5. The maximum absolute atomic E-state index is 12.3. The van der Waals surface area contributed by atoms with Crippen molar-refractivity contribution in [2.45, 2.75) is 0 Å². The first-order valence-electron chi connectivity index (χ1n) is 7.98. The summed E-state index contributed by atoms with van der Waals surface area (Å²) in [6.45, 7) is 0. The molecule has 0 saturated heterocycles. The number of hydrogen-bond donors (Lipinski definition) is 1. The highest BCUT2D eigenvalue weighted by molar-refractivity contribution is 7.21. The van der Waals surface area contributed by atoms with Crippen molar-refractivity contribution in [3.05, 3.63) is 81.3 Å². The average molecular weight is 415 g/mol. The minimum atomic E-state index is -0.359. The van der Waals surface area contributed by atoms with Crippen LogP contribution in [0.15, 0.2) is 70.2 Å². The van der Waals surface area contributed by atoms with E-state index in [-0.39, 0.29) is 5.91 Å². The normalized spacial score (nSPS) is 11.3. The van der Waals surface area contributed by atoms with Gasteiger partial charge in [-0.3, -0.25) is 4.79 Å². The zero-order valence-electron chi connectivity index (χ0n) is 13.8. The number of carbonyl (C=O) groups excluding carboxylic acids is 1. The molecule has 7 heteroatoms. The van der Waals surface area contributed by atoms with E-state index in [0.717, 1.165) is 15.6 Å². The van der Waals surface area contributed by atoms with Crippen LogP contribution in [0.5, 0.6) is 0 Å². The minimum Gasteiger partial charge on any atom is -0.455 e. The predicted molar refractivity (Wildman–Crippen MR) is 111 cm³/mol. The number of thiophene rings is 1. The van der Waals surface area contributed by atoms with Crippen molar-refractivity contribution in [1.29, 1.82) is 0 Å². The number of fused-ring (bicyclic) bond motifs is 1. The Morgan fingerprint density at radius 1 is 1.04 bits per heavy atom. The Morgan fingerprint density at radius 3 is 2.59 bits per heavy atom. The minimum absolute atomic E-state index is 0.359. The number of amides is 1. The van der Waals surface area contributed by atoms with Crippen molar-refractivity contribution in [1.82, 2.24) is 5.43 Å². The van der Waals surface area contributed by atoms with E-state index in [4.69, 9.17) is 27.6 Å². The zero-order chi connectivity index (χ0) is 18.8. The van der Waals surface area contributed by atoms with Crippen molar-refractivity contribution < 1.29 is 9.21 Å². The third-order valence-corrected chi connectivity index (χ3v) is 5.78. The zero-order valence-corrected chi connectivity index (χ0v) is 16.1. The lowest BCUT2D eigenvalue weighted by Crippen LogP contribution is -2.16. The van der Waals surface area contributed by atoms with E-state index in [1.165, 1.54) is 17.6 Å². The second kappa shape index (κ2) is 7.56. The molecule has 0 aliphatic rings. The number of nitrogens with one attached hydrogen (secondary N) is 1. The fourth-order valence-electron chi connectivity index (χ4n) is 2.56. The van der Waals surface area contributed by atoms with Crippen molar-refractivity contribution in [2.75, 3.05) is 0 Å². The van der Waals surface area contributed by atoms with Gasteiger partial charge in [0.05, 0.1) is 11.2 Å². The van der Waals surface area contributed by atoms with Crippen LogP contribution < -0.4 is 5.43 Å². The molecule has 0 bridgehead atoms. The van der Waals surface area contributed by atoms with Gasteiger partial charge < -0.3 is 4.42 Å². The third-order valence-electron chi connectivity index (χ3n) is 3.85. The Labute approximate surface area is 169 Å². The second-order valence-corrected chi connectivity index (χ2v) is 7.52. The Bertz CT molecular complexity index is 1150. The number of furan rings is 1. The summed E-state index contributed by atoms with van der Waals surface area (Å²) in [5, 5.41) is 5.92. The molecule has 27 heavy (non-hydrogen) atoms. The first-order valence-corrected chi connectivity index (χ1v) is 9.55. The molecule has 0 spiro atoms. The molecule has 4 aromatic rings. The Morgan fingerprint density at radius 2 is 1.81 bits per heavy atom. The summed E-state index contributed by atoms with van der Waals surface area (Å²) in [4.78, 5) is 12.8. The maximum atomic E-state index is 12.3. The molecule has 4 nitrogen and oxygen atoms in total. The Balaban J connectivity index is 1.46. The monoisotopic (exact) mass is 414 g/mol. The van der Waals surface area contributed by atoms with Crippen molar-refractivity contribution in [2.24, 2.45) is 5.10 Å². The van der Waals surface area contributed by atoms with Crippen LogP contribution in [-0.4, -0.2) is 12.1 Å². The van der Waals surface area contributed by atoms with Gasteiger partial charge in [-0.15, -0.1) is 11.3 Å². The van der Waals surface area contributed by atoms with E-state index in [1.54, 1.807) is 18.2 Å². The summed E-state index contributed by atoms with van der Waals surface area (Å²) in [6, 6.07) is 18.5. The third kappa shape index (κ3) is 3.76. The van der Waals surface area contributed by atoms with Crippen LogP contribution in [0.1, 0.15) is 15.4 Å². The molecule has 0 unspecified atom stereocenters. The summed E-state index contributed by atoms with van der Waals surface area (Å²) in [6.07, 6.45) is 1.44. The number of carbonyl (C=O) groups is 1. The maximum Gasteiger partial charge on any atom is 0.283 e. The number of hydrogen-bond acceptors (Lipinski definition) is 4. The lowest BCUT2D eigenvalue weighted by molar-refractivity contribution is 0.0959. The van der Waals surface area contributed by atoms with Gasteiger partial charge in [0.25, 0.3) is 5.91 Å². The first-order chi connectivity index (χ1) is 13.1. The van der Waals surface area contributed by atoms with E-state index in [0.29, 0.717) is 26.4 Å². The number of nitrogens with zero attached hydrogens (tertiary/aromatic N) is 1. The van der Waals surface area contributed by atoms with E-state index >= 15 is 0 Å². The second-order valence-electron chi connectivity index (χ2n) is 5.65. The van der Waals surface area contributed by atoms with Crippen molar-refractivity contribution in [3.8, 4) is 11.3 Å². The molecule has 0 aliphatic carbocycles. The lowest BCUT2D eigenvalue weighted by atomic mass is 10.2. The van der Waals surface area contributed by atoms with Crippen LogP contribution >= 0.6 is 34.5 Å². The highest BCUT2D eigenvalue weighted by Gasteiger charge is 2.16. The molecule has 1 amide bonds. The number of hydrazone groups is 1. The van der Waals surface area contributed by atoms with Crippen LogP contribution in [-0.2, 0) is 0 Å². The van der Waals surface area contributed by atoms with Crippen LogP contribution in [0.2, 0.25) is 10.0 Å². The summed E-state index contributed by atoms with van der Waals surface area (Å²) in [5.41, 5.74) is 3.39. The quantitative estimate of drug-likeness (QED) is 0.317. The predicted octanol–water partition coefficient (Wildman–Crippen LogP) is 6.23. The molecule has 2 aromatic heterocycles. The van der Waals surface area contributed by atoms with Gasteiger partial charge in [0.15, 0.2) is 0 Å². The van der Waals surface area contributed by atoms with Gasteiger partial charge in [0.1, 0.15) is 16.4 Å². The molecular weight excluding hydrogens is 403 g/mol. The number of benzene rings is 2. The van der Waals surface area contributed by atoms with Gasteiger partial charge in [0.2, 0.25) is 0 Å². The van der Waals surface area contributed by atoms with Gasteiger partial charge >= 0.3 is 0 Å². The van der Waals surface area contributed by atoms with Gasteiger partial charge in [-0.05, 0) is 42.5 Å². The Hall–Kier alpha value is -2.60.